The molecule has 0 fully saturated rings. The van der Waals surface area contributed by atoms with Crippen molar-refractivity contribution in [3.05, 3.63) is 0 Å². The Hall–Kier alpha value is 0.500. The van der Waals surface area contributed by atoms with Crippen LogP contribution in [0, 0.1) is 0 Å². The minimum Gasteiger partial charge on any atom is -0.330 e. The number of nitrogens with zero attached hydrogens (tertiary/aromatic N) is 1. The zero-order valence-electron chi connectivity index (χ0n) is 8.25. The van der Waals surface area contributed by atoms with E-state index >= 15 is 0 Å². The number of halogens is 2. The minimum absolute atomic E-state index is 0. The van der Waals surface area contributed by atoms with Crippen molar-refractivity contribution >= 4 is 24.8 Å². The molecule has 0 rings (SSSR count). The van der Waals surface area contributed by atoms with Crippen LogP contribution in [0.3, 0.4) is 0 Å². The van der Waals surface area contributed by atoms with Gasteiger partial charge in [-0.3, -0.25) is 0 Å². The number of hydrogen-bond donors (Lipinski definition) is 1. The van der Waals surface area contributed by atoms with Gasteiger partial charge in [-0.1, -0.05) is 0 Å². The van der Waals surface area contributed by atoms with Crippen LogP contribution in [0.1, 0.15) is 26.7 Å². The summed E-state index contributed by atoms with van der Waals surface area (Å²) in [5, 5.41) is 0. The average molecular weight is 217 g/mol. The molecule has 0 aliphatic carbocycles. The van der Waals surface area contributed by atoms with Gasteiger partial charge in [0.2, 0.25) is 0 Å². The van der Waals surface area contributed by atoms with Gasteiger partial charge < -0.3 is 10.6 Å². The lowest BCUT2D eigenvalue weighted by Gasteiger charge is -2.20. The predicted molar refractivity (Wildman–Crippen MR) is 60.6 cm³/mol. The van der Waals surface area contributed by atoms with Crippen LogP contribution in [0.15, 0.2) is 0 Å². The third-order valence-electron chi connectivity index (χ3n) is 1.85. The van der Waals surface area contributed by atoms with E-state index in [1.54, 1.807) is 0 Å². The number of rotatable bonds is 5. The summed E-state index contributed by atoms with van der Waals surface area (Å²) in [5.74, 6) is 0. The van der Waals surface area contributed by atoms with Crippen molar-refractivity contribution in [1.82, 2.24) is 4.90 Å². The standard InChI is InChI=1S/C8H20N2.2ClH/c1-8(2)10(3)7-5-4-6-9;;/h8H,4-7,9H2,1-3H3;2*1H. The molecule has 0 saturated carbocycles. The van der Waals surface area contributed by atoms with E-state index in [2.05, 4.69) is 25.8 Å². The fourth-order valence-electron chi connectivity index (χ4n) is 0.764. The molecule has 0 aromatic heterocycles. The quantitative estimate of drug-likeness (QED) is 0.713. The summed E-state index contributed by atoms with van der Waals surface area (Å²) in [6, 6.07) is 0.665. The maximum Gasteiger partial charge on any atom is 0.00355 e. The van der Waals surface area contributed by atoms with Gasteiger partial charge in [0.25, 0.3) is 0 Å². The molecule has 2 nitrogen and oxygen atoms in total. The lowest BCUT2D eigenvalue weighted by atomic mass is 10.2. The molecular formula is C8H22Cl2N2. The van der Waals surface area contributed by atoms with Gasteiger partial charge in [0.15, 0.2) is 0 Å². The topological polar surface area (TPSA) is 29.3 Å². The molecule has 0 aromatic rings. The summed E-state index contributed by atoms with van der Waals surface area (Å²) >= 11 is 0. The molecule has 0 saturated heterocycles. The molecule has 0 amide bonds. The van der Waals surface area contributed by atoms with E-state index in [4.69, 9.17) is 5.73 Å². The van der Waals surface area contributed by atoms with E-state index in [-0.39, 0.29) is 24.8 Å². The number of hydrogen-bond acceptors (Lipinski definition) is 2. The van der Waals surface area contributed by atoms with E-state index in [1.165, 1.54) is 13.0 Å². The number of nitrogens with two attached hydrogens (primary N) is 1. The van der Waals surface area contributed by atoms with Crippen LogP contribution in [0.2, 0.25) is 0 Å². The monoisotopic (exact) mass is 216 g/mol. The molecule has 0 aliphatic rings. The molecule has 0 unspecified atom stereocenters. The highest BCUT2D eigenvalue weighted by atomic mass is 35.5. The van der Waals surface area contributed by atoms with Crippen molar-refractivity contribution in [2.45, 2.75) is 32.7 Å². The van der Waals surface area contributed by atoms with E-state index in [9.17, 15) is 0 Å². The largest absolute Gasteiger partial charge is 0.330 e. The van der Waals surface area contributed by atoms with Crippen molar-refractivity contribution in [2.75, 3.05) is 20.1 Å². The summed E-state index contributed by atoms with van der Waals surface area (Å²) in [5.41, 5.74) is 5.37. The summed E-state index contributed by atoms with van der Waals surface area (Å²) < 4.78 is 0. The molecule has 78 valence electrons. The van der Waals surface area contributed by atoms with Crippen LogP contribution in [0.5, 0.6) is 0 Å². The van der Waals surface area contributed by atoms with Gasteiger partial charge in [0.1, 0.15) is 0 Å². The highest BCUT2D eigenvalue weighted by Gasteiger charge is 2.00. The Morgan fingerprint density at radius 1 is 1.17 bits per heavy atom. The first-order valence-electron chi connectivity index (χ1n) is 4.08. The Balaban J connectivity index is -0.000000405. The second-order valence-electron chi connectivity index (χ2n) is 3.07. The third kappa shape index (κ3) is 10.5. The zero-order chi connectivity index (χ0) is 7.98. The second-order valence-corrected chi connectivity index (χ2v) is 3.07. The molecule has 0 radical (unpaired) electrons. The van der Waals surface area contributed by atoms with Crippen molar-refractivity contribution in [2.24, 2.45) is 5.73 Å². The van der Waals surface area contributed by atoms with Gasteiger partial charge in [-0.25, -0.2) is 0 Å². The molecule has 4 heteroatoms. The molecular weight excluding hydrogens is 195 g/mol. The van der Waals surface area contributed by atoms with Crippen LogP contribution in [-0.4, -0.2) is 31.1 Å². The molecule has 0 spiro atoms. The fraction of sp³-hybridized carbons (Fsp3) is 1.00. The first kappa shape index (κ1) is 18.3. The van der Waals surface area contributed by atoms with Gasteiger partial charge in [-0.05, 0) is 46.8 Å². The normalized spacial score (nSPS) is 9.50. The zero-order valence-corrected chi connectivity index (χ0v) is 9.88. The second kappa shape index (κ2) is 11.5. The van der Waals surface area contributed by atoms with Crippen molar-refractivity contribution in [3.63, 3.8) is 0 Å². The van der Waals surface area contributed by atoms with Crippen molar-refractivity contribution in [1.29, 1.82) is 0 Å². The summed E-state index contributed by atoms with van der Waals surface area (Å²) in [6.07, 6.45) is 2.38. The Bertz CT molecular complexity index is 79.5. The smallest absolute Gasteiger partial charge is 0.00355 e. The van der Waals surface area contributed by atoms with Gasteiger partial charge >= 0.3 is 0 Å². The maximum atomic E-state index is 5.37. The SMILES string of the molecule is CC(C)N(C)CCCCN.Cl.Cl. The van der Waals surface area contributed by atoms with Gasteiger partial charge in [0.05, 0.1) is 0 Å². The van der Waals surface area contributed by atoms with E-state index in [0.29, 0.717) is 6.04 Å². The maximum absolute atomic E-state index is 5.37. The Morgan fingerprint density at radius 3 is 2.00 bits per heavy atom. The molecule has 0 heterocycles. The van der Waals surface area contributed by atoms with Crippen LogP contribution >= 0.6 is 24.8 Å². The van der Waals surface area contributed by atoms with E-state index in [0.717, 1.165) is 13.0 Å². The Morgan fingerprint density at radius 2 is 1.67 bits per heavy atom. The molecule has 0 aliphatic heterocycles. The van der Waals surface area contributed by atoms with Gasteiger partial charge in [-0.2, -0.15) is 0 Å². The average Bonchev–Trinajstić information content (AvgIpc) is 1.88. The number of unbranched alkanes of at least 4 members (excludes halogenated alkanes) is 1. The van der Waals surface area contributed by atoms with Crippen LogP contribution in [-0.2, 0) is 0 Å². The molecule has 2 N–H and O–H groups in total. The lowest BCUT2D eigenvalue weighted by molar-refractivity contribution is 0.269. The van der Waals surface area contributed by atoms with Crippen molar-refractivity contribution in [3.8, 4) is 0 Å². The van der Waals surface area contributed by atoms with Crippen LogP contribution in [0.25, 0.3) is 0 Å². The van der Waals surface area contributed by atoms with Crippen LogP contribution < -0.4 is 5.73 Å². The summed E-state index contributed by atoms with van der Waals surface area (Å²) in [7, 11) is 2.15. The van der Waals surface area contributed by atoms with Gasteiger partial charge in [0, 0.05) is 6.04 Å². The fourth-order valence-corrected chi connectivity index (χ4v) is 0.764. The first-order valence-corrected chi connectivity index (χ1v) is 4.08. The summed E-state index contributed by atoms with van der Waals surface area (Å²) in [6.45, 7) is 6.42. The minimum atomic E-state index is 0. The highest BCUT2D eigenvalue weighted by Crippen LogP contribution is 1.96. The Labute approximate surface area is 88.7 Å². The molecule has 0 bridgehead atoms. The van der Waals surface area contributed by atoms with Gasteiger partial charge in [-0.15, -0.1) is 24.8 Å². The molecule has 12 heavy (non-hydrogen) atoms. The van der Waals surface area contributed by atoms with E-state index < -0.39 is 0 Å². The van der Waals surface area contributed by atoms with Crippen LogP contribution in [0.4, 0.5) is 0 Å². The summed E-state index contributed by atoms with van der Waals surface area (Å²) in [4.78, 5) is 2.34. The highest BCUT2D eigenvalue weighted by molar-refractivity contribution is 5.85. The molecule has 0 aromatic carbocycles. The Kier molecular flexibility index (Phi) is 17.6. The predicted octanol–water partition coefficient (Wildman–Crippen LogP) is 1.91. The van der Waals surface area contributed by atoms with E-state index in [1.807, 2.05) is 0 Å². The lowest BCUT2D eigenvalue weighted by Crippen LogP contribution is -2.27. The first-order chi connectivity index (χ1) is 4.68. The third-order valence-corrected chi connectivity index (χ3v) is 1.85. The molecule has 0 atom stereocenters. The van der Waals surface area contributed by atoms with Crippen molar-refractivity contribution < 1.29 is 0 Å².